The van der Waals surface area contributed by atoms with Crippen molar-refractivity contribution in [3.8, 4) is 0 Å². The summed E-state index contributed by atoms with van der Waals surface area (Å²) in [6, 6.07) is 11.4. The van der Waals surface area contributed by atoms with Gasteiger partial charge in [0.05, 0.1) is 10.6 Å². The Labute approximate surface area is 171 Å². The molecule has 156 valence electrons. The van der Waals surface area contributed by atoms with Crippen molar-refractivity contribution < 1.29 is 26.4 Å². The Hall–Kier alpha value is -3.33. The maximum Gasteiger partial charge on any atom is 0.261 e. The maximum absolute atomic E-state index is 13.8. The summed E-state index contributed by atoms with van der Waals surface area (Å²) in [4.78, 5) is 12.4. The molecule has 0 bridgehead atoms. The van der Waals surface area contributed by atoms with Crippen molar-refractivity contribution in [1.82, 2.24) is 0 Å². The number of hydrogen-bond donors (Lipinski definition) is 2. The Morgan fingerprint density at radius 3 is 2.27 bits per heavy atom. The normalized spacial score (nSPS) is 11.2. The molecule has 0 spiro atoms. The van der Waals surface area contributed by atoms with Crippen LogP contribution in [0.4, 0.5) is 24.5 Å². The Kier molecular flexibility index (Phi) is 5.84. The van der Waals surface area contributed by atoms with E-state index in [-0.39, 0.29) is 10.5 Å². The van der Waals surface area contributed by atoms with E-state index in [9.17, 15) is 26.4 Å². The van der Waals surface area contributed by atoms with E-state index in [1.165, 1.54) is 12.1 Å². The number of sulfonamides is 1. The maximum atomic E-state index is 13.8. The average molecular weight is 434 g/mol. The van der Waals surface area contributed by atoms with Gasteiger partial charge in [0.15, 0.2) is 11.6 Å². The van der Waals surface area contributed by atoms with Gasteiger partial charge in [-0.05, 0) is 49.2 Å². The van der Waals surface area contributed by atoms with E-state index < -0.39 is 39.1 Å². The van der Waals surface area contributed by atoms with Crippen molar-refractivity contribution in [1.29, 1.82) is 0 Å². The number of rotatable bonds is 5. The third-order valence-electron chi connectivity index (χ3n) is 4.29. The number of halogens is 3. The SMILES string of the molecule is Cc1cccc(NS(=O)(=O)c2ccc(C)c(C(=O)Nc3cc(F)c(F)cc3F)c2)c1. The summed E-state index contributed by atoms with van der Waals surface area (Å²) in [5.41, 5.74) is 0.985. The third kappa shape index (κ3) is 4.62. The molecule has 0 fully saturated rings. The molecule has 0 radical (unpaired) electrons. The predicted molar refractivity (Wildman–Crippen MR) is 107 cm³/mol. The Morgan fingerprint density at radius 2 is 1.57 bits per heavy atom. The quantitative estimate of drug-likeness (QED) is 0.568. The number of hydrogen-bond acceptors (Lipinski definition) is 3. The van der Waals surface area contributed by atoms with Gasteiger partial charge in [0.1, 0.15) is 5.82 Å². The van der Waals surface area contributed by atoms with Crippen molar-refractivity contribution in [3.63, 3.8) is 0 Å². The van der Waals surface area contributed by atoms with Crippen LogP contribution in [0.25, 0.3) is 0 Å². The second-order valence-corrected chi connectivity index (χ2v) is 8.33. The van der Waals surface area contributed by atoms with Crippen molar-refractivity contribution in [2.45, 2.75) is 18.7 Å². The monoisotopic (exact) mass is 434 g/mol. The average Bonchev–Trinajstić information content (AvgIpc) is 2.65. The zero-order chi connectivity index (χ0) is 22.1. The van der Waals surface area contributed by atoms with E-state index in [1.54, 1.807) is 25.1 Å². The summed E-state index contributed by atoms with van der Waals surface area (Å²) >= 11 is 0. The topological polar surface area (TPSA) is 75.3 Å². The van der Waals surface area contributed by atoms with Crippen LogP contribution in [0.5, 0.6) is 0 Å². The number of amides is 1. The number of carbonyl (C=O) groups excluding carboxylic acids is 1. The Morgan fingerprint density at radius 1 is 0.867 bits per heavy atom. The zero-order valence-corrected chi connectivity index (χ0v) is 16.8. The van der Waals surface area contributed by atoms with Crippen LogP contribution in [0, 0.1) is 31.3 Å². The summed E-state index contributed by atoms with van der Waals surface area (Å²) in [5, 5.41) is 2.14. The van der Waals surface area contributed by atoms with Crippen LogP contribution in [-0.4, -0.2) is 14.3 Å². The minimum absolute atomic E-state index is 0.0637. The first-order valence-corrected chi connectivity index (χ1v) is 10.2. The van der Waals surface area contributed by atoms with Gasteiger partial charge in [0, 0.05) is 23.4 Å². The largest absolute Gasteiger partial charge is 0.319 e. The summed E-state index contributed by atoms with van der Waals surface area (Å²) in [6.07, 6.45) is 0. The third-order valence-corrected chi connectivity index (χ3v) is 5.67. The van der Waals surface area contributed by atoms with Gasteiger partial charge in [-0.2, -0.15) is 0 Å². The van der Waals surface area contributed by atoms with Gasteiger partial charge in [-0.3, -0.25) is 9.52 Å². The number of aryl methyl sites for hydroxylation is 2. The van der Waals surface area contributed by atoms with Crippen molar-refractivity contribution in [2.24, 2.45) is 0 Å². The molecule has 0 unspecified atom stereocenters. The molecule has 0 aliphatic rings. The van der Waals surface area contributed by atoms with E-state index in [0.717, 1.165) is 11.6 Å². The standard InChI is InChI=1S/C21H17F3N2O3S/c1-12-4-3-5-14(8-12)26-30(28,29)15-7-6-13(2)16(9-15)21(27)25-20-11-18(23)17(22)10-19(20)24/h3-11,26H,1-2H3,(H,25,27). The number of nitrogens with one attached hydrogen (secondary N) is 2. The van der Waals surface area contributed by atoms with Crippen LogP contribution in [0.1, 0.15) is 21.5 Å². The first kappa shape index (κ1) is 21.4. The smallest absolute Gasteiger partial charge is 0.261 e. The highest BCUT2D eigenvalue weighted by Gasteiger charge is 2.20. The molecule has 3 rings (SSSR count). The fraction of sp³-hybridized carbons (Fsp3) is 0.0952. The molecule has 0 aliphatic carbocycles. The molecule has 3 aromatic carbocycles. The first-order chi connectivity index (χ1) is 14.1. The van der Waals surface area contributed by atoms with Crippen molar-refractivity contribution in [2.75, 3.05) is 10.0 Å². The minimum Gasteiger partial charge on any atom is -0.319 e. The molecular formula is C21H17F3N2O3S. The van der Waals surface area contributed by atoms with Crippen LogP contribution >= 0.6 is 0 Å². The molecule has 30 heavy (non-hydrogen) atoms. The molecular weight excluding hydrogens is 417 g/mol. The number of anilines is 2. The van der Waals surface area contributed by atoms with E-state index >= 15 is 0 Å². The van der Waals surface area contributed by atoms with E-state index in [4.69, 9.17) is 0 Å². The molecule has 5 nitrogen and oxygen atoms in total. The molecule has 0 saturated heterocycles. The summed E-state index contributed by atoms with van der Waals surface area (Å²) in [6.45, 7) is 3.37. The van der Waals surface area contributed by atoms with Crippen LogP contribution in [0.15, 0.2) is 59.5 Å². The molecule has 0 atom stereocenters. The van der Waals surface area contributed by atoms with Gasteiger partial charge in [-0.15, -0.1) is 0 Å². The molecule has 0 saturated carbocycles. The van der Waals surface area contributed by atoms with Gasteiger partial charge in [-0.25, -0.2) is 21.6 Å². The highest BCUT2D eigenvalue weighted by atomic mass is 32.2. The molecule has 9 heteroatoms. The summed E-state index contributed by atoms with van der Waals surface area (Å²) in [7, 11) is -4.01. The van der Waals surface area contributed by atoms with Gasteiger partial charge in [-0.1, -0.05) is 18.2 Å². The predicted octanol–water partition coefficient (Wildman–Crippen LogP) is 4.77. The second-order valence-electron chi connectivity index (χ2n) is 6.65. The fourth-order valence-electron chi connectivity index (χ4n) is 2.74. The fourth-order valence-corrected chi connectivity index (χ4v) is 3.82. The van der Waals surface area contributed by atoms with E-state index in [1.807, 2.05) is 13.0 Å². The van der Waals surface area contributed by atoms with E-state index in [0.29, 0.717) is 23.4 Å². The summed E-state index contributed by atoms with van der Waals surface area (Å²) in [5.74, 6) is -4.76. The van der Waals surface area contributed by atoms with Gasteiger partial charge >= 0.3 is 0 Å². The van der Waals surface area contributed by atoms with Crippen LogP contribution in [0.3, 0.4) is 0 Å². The molecule has 2 N–H and O–H groups in total. The highest BCUT2D eigenvalue weighted by molar-refractivity contribution is 7.92. The number of carbonyl (C=O) groups is 1. The first-order valence-electron chi connectivity index (χ1n) is 8.73. The lowest BCUT2D eigenvalue weighted by atomic mass is 10.1. The Bertz CT molecular complexity index is 1240. The molecule has 0 heterocycles. The highest BCUT2D eigenvalue weighted by Crippen LogP contribution is 2.23. The van der Waals surface area contributed by atoms with Gasteiger partial charge in [0.2, 0.25) is 0 Å². The lowest BCUT2D eigenvalue weighted by Crippen LogP contribution is -2.18. The van der Waals surface area contributed by atoms with Crippen LogP contribution in [0.2, 0.25) is 0 Å². The molecule has 0 aliphatic heterocycles. The molecule has 0 aromatic heterocycles. The summed E-state index contributed by atoms with van der Waals surface area (Å²) < 4.78 is 68.1. The molecule has 3 aromatic rings. The van der Waals surface area contributed by atoms with Gasteiger partial charge in [0.25, 0.3) is 15.9 Å². The van der Waals surface area contributed by atoms with Gasteiger partial charge < -0.3 is 5.32 Å². The zero-order valence-electron chi connectivity index (χ0n) is 16.0. The Balaban J connectivity index is 1.91. The second kappa shape index (κ2) is 8.19. The van der Waals surface area contributed by atoms with Crippen LogP contribution in [-0.2, 0) is 10.0 Å². The lowest BCUT2D eigenvalue weighted by Gasteiger charge is -2.12. The minimum atomic E-state index is -4.01. The van der Waals surface area contributed by atoms with Crippen molar-refractivity contribution in [3.05, 3.63) is 88.7 Å². The molecule has 1 amide bonds. The van der Waals surface area contributed by atoms with Crippen LogP contribution < -0.4 is 10.0 Å². The lowest BCUT2D eigenvalue weighted by molar-refractivity contribution is 0.102. The number of benzene rings is 3. The van der Waals surface area contributed by atoms with E-state index in [2.05, 4.69) is 10.0 Å². The van der Waals surface area contributed by atoms with Crippen molar-refractivity contribution >= 4 is 27.3 Å².